The molecule has 1 aromatic heterocycles. The Bertz CT molecular complexity index is 500. The molecule has 2 N–H and O–H groups in total. The van der Waals surface area contributed by atoms with Crippen LogP contribution in [0.5, 0.6) is 0 Å². The van der Waals surface area contributed by atoms with Crippen molar-refractivity contribution in [3.8, 4) is 0 Å². The van der Waals surface area contributed by atoms with Crippen molar-refractivity contribution in [3.63, 3.8) is 0 Å². The minimum atomic E-state index is -1.17. The van der Waals surface area contributed by atoms with Crippen molar-refractivity contribution in [1.82, 2.24) is 14.9 Å². The number of nitro groups is 1. The Balaban J connectivity index is 2.35. The lowest BCUT2D eigenvalue weighted by Crippen LogP contribution is -2.38. The number of aryl methyl sites for hydroxylation is 1. The summed E-state index contributed by atoms with van der Waals surface area (Å²) >= 11 is 0. The van der Waals surface area contributed by atoms with E-state index in [0.717, 1.165) is 0 Å². The highest BCUT2D eigenvalue weighted by molar-refractivity contribution is 5.78. The van der Waals surface area contributed by atoms with Crippen molar-refractivity contribution in [2.24, 2.45) is 0 Å². The minimum absolute atomic E-state index is 0.0452. The van der Waals surface area contributed by atoms with Gasteiger partial charge in [0.25, 0.3) is 0 Å². The van der Waals surface area contributed by atoms with E-state index in [4.69, 9.17) is 5.11 Å². The van der Waals surface area contributed by atoms with Crippen LogP contribution in [0.25, 0.3) is 0 Å². The van der Waals surface area contributed by atoms with Crippen molar-refractivity contribution in [2.75, 3.05) is 13.7 Å². The molecule has 10 nitrogen and oxygen atoms in total. The van der Waals surface area contributed by atoms with Crippen LogP contribution in [-0.2, 0) is 20.9 Å². The first-order chi connectivity index (χ1) is 9.43. The molecule has 0 spiro atoms. The maximum Gasteiger partial charge on any atom is 0.381 e. The molecule has 0 bridgehead atoms. The normalized spacial score (nSPS) is 11.8. The van der Waals surface area contributed by atoms with Gasteiger partial charge in [-0.2, -0.15) is 0 Å². The molecule has 1 rings (SSSR count). The second-order valence-corrected chi connectivity index (χ2v) is 3.84. The van der Waals surface area contributed by atoms with Gasteiger partial charge in [-0.25, -0.2) is 4.79 Å². The van der Waals surface area contributed by atoms with Crippen LogP contribution in [0.2, 0.25) is 0 Å². The van der Waals surface area contributed by atoms with Gasteiger partial charge in [0, 0.05) is 20.1 Å². The molecule has 1 amide bonds. The lowest BCUT2D eigenvalue weighted by atomic mass is 10.3. The number of carboxylic acids is 1. The van der Waals surface area contributed by atoms with E-state index in [9.17, 15) is 19.7 Å². The number of carbonyl (C=O) groups is 2. The predicted octanol–water partition coefficient (Wildman–Crippen LogP) is -0.603. The van der Waals surface area contributed by atoms with Crippen molar-refractivity contribution in [1.29, 1.82) is 0 Å². The molecule has 0 aromatic carbocycles. The number of hydrogen-bond donors (Lipinski definition) is 2. The Morgan fingerprint density at radius 2 is 2.35 bits per heavy atom. The molecule has 0 saturated carbocycles. The lowest BCUT2D eigenvalue weighted by Gasteiger charge is -2.11. The highest BCUT2D eigenvalue weighted by atomic mass is 16.6. The van der Waals surface area contributed by atoms with Gasteiger partial charge in [0.1, 0.15) is 6.20 Å². The highest BCUT2D eigenvalue weighted by Crippen LogP contribution is 2.05. The van der Waals surface area contributed by atoms with Crippen LogP contribution in [0.4, 0.5) is 5.82 Å². The van der Waals surface area contributed by atoms with Crippen LogP contribution < -0.4 is 5.32 Å². The number of aromatic nitrogens is 2. The van der Waals surface area contributed by atoms with E-state index in [1.165, 1.54) is 24.2 Å². The van der Waals surface area contributed by atoms with E-state index in [0.29, 0.717) is 0 Å². The number of rotatable bonds is 8. The second kappa shape index (κ2) is 7.19. The summed E-state index contributed by atoms with van der Waals surface area (Å²) in [6.45, 7) is 0.0616. The fourth-order valence-corrected chi connectivity index (χ4v) is 1.36. The maximum atomic E-state index is 11.5. The molecule has 1 aromatic rings. The largest absolute Gasteiger partial charge is 0.479 e. The fourth-order valence-electron chi connectivity index (χ4n) is 1.36. The summed E-state index contributed by atoms with van der Waals surface area (Å²) in [5.74, 6) is -1.85. The number of imidazole rings is 1. The number of methoxy groups -OCH3 is 1. The Kier molecular flexibility index (Phi) is 5.59. The fraction of sp³-hybridized carbons (Fsp3) is 0.500. The molecule has 10 heteroatoms. The molecule has 0 aliphatic carbocycles. The van der Waals surface area contributed by atoms with Crippen LogP contribution >= 0.6 is 0 Å². The van der Waals surface area contributed by atoms with Gasteiger partial charge in [-0.1, -0.05) is 0 Å². The number of ether oxygens (including phenoxy) is 1. The average Bonchev–Trinajstić information content (AvgIpc) is 2.85. The summed E-state index contributed by atoms with van der Waals surface area (Å²) in [6.07, 6.45) is 1.40. The van der Waals surface area contributed by atoms with Crippen LogP contribution in [0.1, 0.15) is 6.42 Å². The van der Waals surface area contributed by atoms with E-state index in [1.54, 1.807) is 0 Å². The molecule has 1 unspecified atom stereocenters. The van der Waals surface area contributed by atoms with E-state index in [1.807, 2.05) is 0 Å². The number of nitrogens with zero attached hydrogens (tertiary/aromatic N) is 3. The predicted molar refractivity (Wildman–Crippen MR) is 64.9 cm³/mol. The summed E-state index contributed by atoms with van der Waals surface area (Å²) < 4.78 is 6.06. The number of carbonyl (C=O) groups excluding carboxylic acids is 1. The van der Waals surface area contributed by atoms with Crippen molar-refractivity contribution in [3.05, 3.63) is 22.6 Å². The van der Waals surface area contributed by atoms with E-state index in [-0.39, 0.29) is 31.2 Å². The van der Waals surface area contributed by atoms with Gasteiger partial charge >= 0.3 is 11.8 Å². The van der Waals surface area contributed by atoms with Crippen LogP contribution in [0.3, 0.4) is 0 Å². The van der Waals surface area contributed by atoms with E-state index >= 15 is 0 Å². The first-order valence-electron chi connectivity index (χ1n) is 5.62. The van der Waals surface area contributed by atoms with Gasteiger partial charge in [-0.05, 0) is 9.91 Å². The lowest BCUT2D eigenvalue weighted by molar-refractivity contribution is -0.389. The Hall–Kier alpha value is -2.49. The first kappa shape index (κ1) is 15.6. The molecule has 0 aliphatic heterocycles. The third kappa shape index (κ3) is 4.65. The second-order valence-electron chi connectivity index (χ2n) is 3.84. The van der Waals surface area contributed by atoms with Gasteiger partial charge in [0.15, 0.2) is 6.10 Å². The van der Waals surface area contributed by atoms with Gasteiger partial charge < -0.3 is 29.8 Å². The van der Waals surface area contributed by atoms with Crippen LogP contribution in [0.15, 0.2) is 12.5 Å². The molecule has 0 saturated heterocycles. The monoisotopic (exact) mass is 286 g/mol. The molecule has 0 fully saturated rings. The third-order valence-corrected chi connectivity index (χ3v) is 2.45. The quantitative estimate of drug-likeness (QED) is 0.480. The zero-order chi connectivity index (χ0) is 15.1. The van der Waals surface area contributed by atoms with Crippen molar-refractivity contribution >= 4 is 17.7 Å². The topological polar surface area (TPSA) is 137 Å². The maximum absolute atomic E-state index is 11.5. The van der Waals surface area contributed by atoms with E-state index in [2.05, 4.69) is 15.0 Å². The standard InChI is InChI=1S/C10H14N4O6/c1-20-7(10(16)17)4-11-9(15)2-3-13-5-8(12-6-13)14(18)19/h5-7H,2-4H2,1H3,(H,11,15)(H,16,17). The van der Waals surface area contributed by atoms with Gasteiger partial charge in [-0.3, -0.25) is 4.79 Å². The molecular weight excluding hydrogens is 272 g/mol. The number of hydrogen-bond acceptors (Lipinski definition) is 6. The molecular formula is C10H14N4O6. The SMILES string of the molecule is COC(CNC(=O)CCn1cnc([N+](=O)[O-])c1)C(=O)O. The molecule has 20 heavy (non-hydrogen) atoms. The third-order valence-electron chi connectivity index (χ3n) is 2.45. The van der Waals surface area contributed by atoms with Gasteiger partial charge in [0.05, 0.1) is 6.54 Å². The highest BCUT2D eigenvalue weighted by Gasteiger charge is 2.17. The molecule has 1 heterocycles. The molecule has 1 atom stereocenters. The molecule has 0 aliphatic rings. The van der Waals surface area contributed by atoms with Crippen molar-refractivity contribution < 1.29 is 24.4 Å². The first-order valence-corrected chi connectivity index (χ1v) is 5.62. The summed E-state index contributed by atoms with van der Waals surface area (Å²) in [7, 11) is 1.23. The number of amides is 1. The number of aliphatic carboxylic acids is 1. The smallest absolute Gasteiger partial charge is 0.381 e. The van der Waals surface area contributed by atoms with Crippen LogP contribution in [-0.4, -0.2) is 51.2 Å². The number of nitrogens with one attached hydrogen (secondary N) is 1. The van der Waals surface area contributed by atoms with E-state index < -0.39 is 17.0 Å². The van der Waals surface area contributed by atoms with Gasteiger partial charge in [-0.15, -0.1) is 0 Å². The summed E-state index contributed by atoms with van der Waals surface area (Å²) in [4.78, 5) is 35.4. The minimum Gasteiger partial charge on any atom is -0.479 e. The summed E-state index contributed by atoms with van der Waals surface area (Å²) in [5, 5.41) is 21.5. The Labute approximate surface area is 113 Å². The Morgan fingerprint density at radius 3 is 2.85 bits per heavy atom. The molecule has 0 radical (unpaired) electrons. The number of carboxylic acid groups (broad SMARTS) is 1. The van der Waals surface area contributed by atoms with Crippen molar-refractivity contribution in [2.45, 2.75) is 19.1 Å². The molecule has 110 valence electrons. The van der Waals surface area contributed by atoms with Crippen LogP contribution in [0, 0.1) is 10.1 Å². The van der Waals surface area contributed by atoms with Gasteiger partial charge in [0.2, 0.25) is 12.2 Å². The zero-order valence-electron chi connectivity index (χ0n) is 10.7. The summed E-state index contributed by atoms with van der Waals surface area (Å²) in [5.41, 5.74) is 0. The Morgan fingerprint density at radius 1 is 1.65 bits per heavy atom. The summed E-state index contributed by atoms with van der Waals surface area (Å²) in [6, 6.07) is 0. The average molecular weight is 286 g/mol. The zero-order valence-corrected chi connectivity index (χ0v) is 10.7.